The molecule has 1 fully saturated rings. The molecule has 0 saturated heterocycles. The van der Waals surface area contributed by atoms with Crippen LogP contribution in [0.2, 0.25) is 0 Å². The van der Waals surface area contributed by atoms with E-state index in [-0.39, 0.29) is 5.75 Å². The molecule has 7 heteroatoms. The molecule has 2 rings (SSSR count). The van der Waals surface area contributed by atoms with Crippen molar-refractivity contribution in [2.45, 2.75) is 36.9 Å². The second-order valence-corrected chi connectivity index (χ2v) is 4.77. The lowest BCUT2D eigenvalue weighted by molar-refractivity contribution is -0.133. The van der Waals surface area contributed by atoms with Gasteiger partial charge in [0.15, 0.2) is 5.16 Å². The van der Waals surface area contributed by atoms with Gasteiger partial charge in [-0.05, 0) is 12.8 Å². The Balaban J connectivity index is 2.14. The third-order valence-electron chi connectivity index (χ3n) is 2.71. The average molecular weight is 242 g/mol. The van der Waals surface area contributed by atoms with Gasteiger partial charge in [-0.3, -0.25) is 9.36 Å². The predicted octanol–water partition coefficient (Wildman–Crippen LogP) is 1.15. The van der Waals surface area contributed by atoms with Gasteiger partial charge in [0, 0.05) is 6.04 Å². The molecule has 0 amide bonds. The smallest absolute Gasteiger partial charge is 0.313 e. The number of carboxylic acids is 1. The third kappa shape index (κ3) is 2.29. The van der Waals surface area contributed by atoms with Gasteiger partial charge in [0.1, 0.15) is 0 Å². The van der Waals surface area contributed by atoms with Crippen molar-refractivity contribution < 1.29 is 9.90 Å². The van der Waals surface area contributed by atoms with E-state index < -0.39 is 5.97 Å². The van der Waals surface area contributed by atoms with Gasteiger partial charge in [-0.25, -0.2) is 0 Å². The number of rotatable bonds is 4. The molecule has 1 aliphatic rings. The number of hydrogen-bond donors (Lipinski definition) is 2. The molecule has 3 N–H and O–H groups in total. The molecule has 1 aromatic rings. The molecule has 16 heavy (non-hydrogen) atoms. The summed E-state index contributed by atoms with van der Waals surface area (Å²) in [7, 11) is 0. The summed E-state index contributed by atoms with van der Waals surface area (Å²) >= 11 is 1.17. The van der Waals surface area contributed by atoms with Crippen molar-refractivity contribution in [3.05, 3.63) is 0 Å². The van der Waals surface area contributed by atoms with Crippen LogP contribution in [0.3, 0.4) is 0 Å². The van der Waals surface area contributed by atoms with Crippen LogP contribution < -0.4 is 5.73 Å². The van der Waals surface area contributed by atoms with E-state index in [1.54, 1.807) is 0 Å². The first kappa shape index (κ1) is 11.3. The fourth-order valence-electron chi connectivity index (χ4n) is 2.02. The maximum absolute atomic E-state index is 10.5. The monoisotopic (exact) mass is 242 g/mol. The first-order valence-corrected chi connectivity index (χ1v) is 6.22. The van der Waals surface area contributed by atoms with E-state index in [4.69, 9.17) is 10.8 Å². The Morgan fingerprint density at radius 3 is 2.81 bits per heavy atom. The molecular weight excluding hydrogens is 228 g/mol. The molecule has 0 atom stereocenters. The molecule has 1 heterocycles. The van der Waals surface area contributed by atoms with Crippen LogP contribution in [0.1, 0.15) is 31.7 Å². The van der Waals surface area contributed by atoms with Gasteiger partial charge in [0.2, 0.25) is 5.95 Å². The summed E-state index contributed by atoms with van der Waals surface area (Å²) in [6.07, 6.45) is 4.52. The number of hydrogen-bond acceptors (Lipinski definition) is 5. The van der Waals surface area contributed by atoms with E-state index in [0.717, 1.165) is 12.8 Å². The second-order valence-electron chi connectivity index (χ2n) is 3.83. The topological polar surface area (TPSA) is 94.0 Å². The zero-order chi connectivity index (χ0) is 11.5. The minimum atomic E-state index is -0.857. The molecule has 1 aromatic heterocycles. The maximum Gasteiger partial charge on any atom is 0.313 e. The highest BCUT2D eigenvalue weighted by molar-refractivity contribution is 7.99. The molecule has 88 valence electrons. The van der Waals surface area contributed by atoms with Crippen molar-refractivity contribution in [2.75, 3.05) is 11.5 Å². The molecule has 0 bridgehead atoms. The summed E-state index contributed by atoms with van der Waals surface area (Å²) in [6, 6.07) is 0.339. The molecule has 6 nitrogen and oxygen atoms in total. The van der Waals surface area contributed by atoms with E-state index in [1.165, 1.54) is 24.6 Å². The fourth-order valence-corrected chi connectivity index (χ4v) is 2.75. The molecule has 1 aliphatic carbocycles. The third-order valence-corrected chi connectivity index (χ3v) is 3.63. The standard InChI is InChI=1S/C9H14N4O2S/c10-8-11-12-9(16-5-7(14)15)13(8)6-3-1-2-4-6/h6H,1-5H2,(H2,10,11)(H,14,15). The Bertz CT molecular complexity index is 387. The molecule has 0 unspecified atom stereocenters. The Morgan fingerprint density at radius 2 is 2.19 bits per heavy atom. The number of anilines is 1. The minimum absolute atomic E-state index is 0.00907. The van der Waals surface area contributed by atoms with Gasteiger partial charge in [0.05, 0.1) is 5.75 Å². The SMILES string of the molecule is Nc1nnc(SCC(=O)O)n1C1CCCC1. The summed E-state index contributed by atoms with van der Waals surface area (Å²) in [6.45, 7) is 0. The number of nitrogen functional groups attached to an aromatic ring is 1. The van der Waals surface area contributed by atoms with E-state index in [9.17, 15) is 4.79 Å². The van der Waals surface area contributed by atoms with Crippen LogP contribution in [0.4, 0.5) is 5.95 Å². The quantitative estimate of drug-likeness (QED) is 0.769. The molecule has 0 radical (unpaired) electrons. The highest BCUT2D eigenvalue weighted by Crippen LogP contribution is 2.34. The lowest BCUT2D eigenvalue weighted by Gasteiger charge is -2.14. The highest BCUT2D eigenvalue weighted by atomic mass is 32.2. The summed E-state index contributed by atoms with van der Waals surface area (Å²) in [5, 5.41) is 17.0. The Morgan fingerprint density at radius 1 is 1.50 bits per heavy atom. The van der Waals surface area contributed by atoms with Crippen molar-refractivity contribution in [3.63, 3.8) is 0 Å². The zero-order valence-corrected chi connectivity index (χ0v) is 9.61. The van der Waals surface area contributed by atoms with Crippen LogP contribution >= 0.6 is 11.8 Å². The largest absolute Gasteiger partial charge is 0.481 e. The maximum atomic E-state index is 10.5. The lowest BCUT2D eigenvalue weighted by atomic mass is 10.2. The van der Waals surface area contributed by atoms with Crippen LogP contribution in [0.15, 0.2) is 5.16 Å². The molecule has 0 spiro atoms. The Hall–Kier alpha value is -1.24. The molecular formula is C9H14N4O2S. The van der Waals surface area contributed by atoms with Crippen LogP contribution in [-0.4, -0.2) is 31.6 Å². The van der Waals surface area contributed by atoms with E-state index in [1.807, 2.05) is 4.57 Å². The zero-order valence-electron chi connectivity index (χ0n) is 8.80. The predicted molar refractivity (Wildman–Crippen MR) is 60.3 cm³/mol. The number of aromatic nitrogens is 3. The van der Waals surface area contributed by atoms with Crippen molar-refractivity contribution in [2.24, 2.45) is 0 Å². The van der Waals surface area contributed by atoms with E-state index in [0.29, 0.717) is 17.1 Å². The first-order chi connectivity index (χ1) is 7.68. The summed E-state index contributed by atoms with van der Waals surface area (Å²) < 4.78 is 1.88. The molecule has 1 saturated carbocycles. The van der Waals surface area contributed by atoms with Crippen molar-refractivity contribution in [1.82, 2.24) is 14.8 Å². The fraction of sp³-hybridized carbons (Fsp3) is 0.667. The van der Waals surface area contributed by atoms with E-state index in [2.05, 4.69) is 10.2 Å². The second kappa shape index (κ2) is 4.73. The summed E-state index contributed by atoms with van der Waals surface area (Å²) in [5.74, 6) is -0.477. The van der Waals surface area contributed by atoms with Crippen LogP contribution in [0, 0.1) is 0 Å². The van der Waals surface area contributed by atoms with Crippen LogP contribution in [0.25, 0.3) is 0 Å². The molecule has 0 aromatic carbocycles. The van der Waals surface area contributed by atoms with Crippen molar-refractivity contribution >= 4 is 23.7 Å². The minimum Gasteiger partial charge on any atom is -0.481 e. The van der Waals surface area contributed by atoms with Gasteiger partial charge in [0.25, 0.3) is 0 Å². The number of nitrogens with two attached hydrogens (primary N) is 1. The van der Waals surface area contributed by atoms with Gasteiger partial charge >= 0.3 is 5.97 Å². The van der Waals surface area contributed by atoms with Gasteiger partial charge in [-0.2, -0.15) is 0 Å². The Kier molecular flexibility index (Phi) is 3.33. The summed E-state index contributed by atoms with van der Waals surface area (Å²) in [4.78, 5) is 10.5. The number of nitrogens with zero attached hydrogens (tertiary/aromatic N) is 3. The number of aliphatic carboxylic acids is 1. The van der Waals surface area contributed by atoms with Gasteiger partial charge in [-0.15, -0.1) is 10.2 Å². The van der Waals surface area contributed by atoms with Gasteiger partial charge < -0.3 is 10.8 Å². The molecule has 0 aliphatic heterocycles. The lowest BCUT2D eigenvalue weighted by Crippen LogP contribution is -2.10. The highest BCUT2D eigenvalue weighted by Gasteiger charge is 2.23. The Labute approximate surface area is 97.2 Å². The normalized spacial score (nSPS) is 16.8. The van der Waals surface area contributed by atoms with Crippen molar-refractivity contribution in [3.8, 4) is 0 Å². The van der Waals surface area contributed by atoms with Crippen LogP contribution in [-0.2, 0) is 4.79 Å². The van der Waals surface area contributed by atoms with Gasteiger partial charge in [-0.1, -0.05) is 24.6 Å². The van der Waals surface area contributed by atoms with Crippen molar-refractivity contribution in [1.29, 1.82) is 0 Å². The number of carboxylic acid groups (broad SMARTS) is 1. The van der Waals surface area contributed by atoms with Crippen LogP contribution in [0.5, 0.6) is 0 Å². The van der Waals surface area contributed by atoms with E-state index >= 15 is 0 Å². The summed E-state index contributed by atoms with van der Waals surface area (Å²) in [5.41, 5.74) is 5.76. The first-order valence-electron chi connectivity index (χ1n) is 5.23. The number of thioether (sulfide) groups is 1. The average Bonchev–Trinajstić information content (AvgIpc) is 2.83. The number of carbonyl (C=O) groups is 1.